The number of aryl methyl sites for hydroxylation is 1. The van der Waals surface area contributed by atoms with Gasteiger partial charge in [0.15, 0.2) is 0 Å². The number of aliphatic hydroxyl groups is 1. The highest BCUT2D eigenvalue weighted by atomic mass is 32.2. The number of carbonyl (C=O) groups is 1. The molecule has 1 aromatic heterocycles. The van der Waals surface area contributed by atoms with E-state index in [0.717, 1.165) is 16.3 Å². The van der Waals surface area contributed by atoms with Crippen molar-refractivity contribution in [1.29, 1.82) is 0 Å². The second kappa shape index (κ2) is 8.01. The Morgan fingerprint density at radius 3 is 2.67 bits per heavy atom. The number of fused-ring (bicyclic) bond motifs is 1. The zero-order valence-electron chi connectivity index (χ0n) is 16.0. The van der Waals surface area contributed by atoms with Crippen molar-refractivity contribution in [3.8, 4) is 0 Å². The molecule has 0 spiro atoms. The van der Waals surface area contributed by atoms with Gasteiger partial charge < -0.3 is 5.11 Å². The van der Waals surface area contributed by atoms with Gasteiger partial charge in [0.25, 0.3) is 16.0 Å². The maximum absolute atomic E-state index is 12.7. The maximum atomic E-state index is 12.7. The second-order valence-electron chi connectivity index (χ2n) is 6.98. The fraction of sp³-hybridized carbons (Fsp3) is 0.588. The van der Waals surface area contributed by atoms with Crippen LogP contribution >= 0.6 is 0 Å². The fourth-order valence-electron chi connectivity index (χ4n) is 2.84. The van der Waals surface area contributed by atoms with E-state index in [1.807, 2.05) is 20.8 Å². The summed E-state index contributed by atoms with van der Waals surface area (Å²) in [5.41, 5.74) is 1.73. The molecule has 2 rings (SSSR count). The minimum atomic E-state index is -4.06. The Bertz CT molecular complexity index is 864. The average Bonchev–Trinajstić information content (AvgIpc) is 2.80. The summed E-state index contributed by atoms with van der Waals surface area (Å²) in [5, 5.41) is 9.90. The summed E-state index contributed by atoms with van der Waals surface area (Å²) in [6.07, 6.45) is 1.78. The van der Waals surface area contributed by atoms with Crippen LogP contribution in [0.15, 0.2) is 17.3 Å². The lowest BCUT2D eigenvalue weighted by molar-refractivity contribution is -0.684. The molecule has 0 unspecified atom stereocenters. The third-order valence-corrected chi connectivity index (χ3v) is 5.47. The lowest BCUT2D eigenvalue weighted by Crippen LogP contribution is -2.39. The quantitative estimate of drug-likeness (QED) is 0.375. The number of nitrogens with zero attached hydrogens (tertiary/aromatic N) is 3. The number of rotatable bonds is 8. The lowest BCUT2D eigenvalue weighted by Gasteiger charge is -2.19. The first kappa shape index (κ1) is 21.4. The van der Waals surface area contributed by atoms with Gasteiger partial charge in [-0.15, -0.1) is 0 Å². The molecule has 9 nitrogen and oxygen atoms in total. The van der Waals surface area contributed by atoms with E-state index in [1.54, 1.807) is 16.8 Å². The van der Waals surface area contributed by atoms with Crippen molar-refractivity contribution < 1.29 is 32.3 Å². The molecule has 27 heavy (non-hydrogen) atoms. The number of hydroxylamine groups is 2. The molecule has 0 saturated carbocycles. The second-order valence-corrected chi connectivity index (χ2v) is 8.55. The molecule has 2 heterocycles. The molecule has 0 aliphatic carbocycles. The van der Waals surface area contributed by atoms with Crippen molar-refractivity contribution in [2.45, 2.75) is 39.2 Å². The van der Waals surface area contributed by atoms with E-state index in [9.17, 15) is 13.2 Å². The zero-order chi connectivity index (χ0) is 20.4. The summed E-state index contributed by atoms with van der Waals surface area (Å²) in [6.45, 7) is 5.96. The molecule has 2 N–H and O–H groups in total. The van der Waals surface area contributed by atoms with Gasteiger partial charge in [0, 0.05) is 13.5 Å². The highest BCUT2D eigenvalue weighted by molar-refractivity contribution is 7.85. The third kappa shape index (κ3) is 4.89. The number of aliphatic imine (C=N–C) groups is 1. The van der Waals surface area contributed by atoms with Crippen LogP contribution in [0.5, 0.6) is 0 Å². The molecule has 0 bridgehead atoms. The minimum Gasteiger partial charge on any atom is -0.394 e. The van der Waals surface area contributed by atoms with E-state index < -0.39 is 16.0 Å². The molecule has 0 saturated heterocycles. The van der Waals surface area contributed by atoms with Crippen LogP contribution in [0, 0.1) is 0 Å². The van der Waals surface area contributed by atoms with E-state index in [-0.39, 0.29) is 37.3 Å². The normalized spacial score (nSPS) is 15.4. The average molecular weight is 400 g/mol. The Labute approximate surface area is 159 Å². The Balaban J connectivity index is 2.40. The van der Waals surface area contributed by atoms with Gasteiger partial charge in [-0.2, -0.15) is 8.42 Å². The highest BCUT2D eigenvalue weighted by Gasteiger charge is 2.42. The number of aromatic nitrogens is 1. The van der Waals surface area contributed by atoms with E-state index in [2.05, 4.69) is 4.99 Å². The van der Waals surface area contributed by atoms with Crippen LogP contribution in [-0.2, 0) is 26.9 Å². The molecular weight excluding hydrogens is 374 g/mol. The standard InChI is InChI=1S/C17H25N3O6S/c1-12-17(2,3)14-10-13(16(22)19(4)26-8-7-21)11-20(15(14)18-12)6-5-9-27(23,24)25/h10-11,21H,5-9H2,1-4H3/p+1. The minimum absolute atomic E-state index is 0.00471. The Kier molecular flexibility index (Phi) is 6.35. The van der Waals surface area contributed by atoms with Crippen molar-refractivity contribution >= 4 is 27.6 Å². The molecule has 1 aromatic rings. The Morgan fingerprint density at radius 1 is 1.41 bits per heavy atom. The summed E-state index contributed by atoms with van der Waals surface area (Å²) >= 11 is 0. The maximum Gasteiger partial charge on any atom is 0.327 e. The van der Waals surface area contributed by atoms with Crippen molar-refractivity contribution in [3.05, 3.63) is 23.4 Å². The molecule has 1 amide bonds. The van der Waals surface area contributed by atoms with E-state index in [4.69, 9.17) is 14.5 Å². The summed E-state index contributed by atoms with van der Waals surface area (Å²) in [4.78, 5) is 22.4. The summed E-state index contributed by atoms with van der Waals surface area (Å²) in [6, 6.07) is 1.76. The van der Waals surface area contributed by atoms with Crippen LogP contribution in [0.25, 0.3) is 0 Å². The number of hydrogen-bond acceptors (Lipinski definition) is 6. The molecular formula is C17H26N3O6S+. The van der Waals surface area contributed by atoms with E-state index in [1.165, 1.54) is 7.05 Å². The number of hydrogen-bond donors (Lipinski definition) is 2. The van der Waals surface area contributed by atoms with Crippen LogP contribution < -0.4 is 4.57 Å². The first-order valence-corrected chi connectivity index (χ1v) is 10.2. The lowest BCUT2D eigenvalue weighted by atomic mass is 9.82. The van der Waals surface area contributed by atoms with Crippen molar-refractivity contribution in [3.63, 3.8) is 0 Å². The molecule has 0 aromatic carbocycles. The Morgan fingerprint density at radius 2 is 2.07 bits per heavy atom. The predicted molar refractivity (Wildman–Crippen MR) is 98.6 cm³/mol. The first-order valence-electron chi connectivity index (χ1n) is 8.58. The smallest absolute Gasteiger partial charge is 0.327 e. The van der Waals surface area contributed by atoms with Crippen molar-refractivity contribution in [2.24, 2.45) is 4.99 Å². The van der Waals surface area contributed by atoms with Gasteiger partial charge in [-0.3, -0.25) is 14.2 Å². The summed E-state index contributed by atoms with van der Waals surface area (Å²) in [7, 11) is -2.60. The third-order valence-electron chi connectivity index (χ3n) is 4.67. The SMILES string of the molecule is CC1=Nc2c(cc(C(=O)N(C)OCCO)c[n+]2CCCS(=O)(=O)O)C1(C)C. The van der Waals surface area contributed by atoms with Gasteiger partial charge in [0.05, 0.1) is 42.1 Å². The Hall–Kier alpha value is -1.88. The highest BCUT2D eigenvalue weighted by Crippen LogP contribution is 2.38. The van der Waals surface area contributed by atoms with Crippen molar-refractivity contribution in [1.82, 2.24) is 5.06 Å². The molecule has 1 aliphatic heterocycles. The van der Waals surface area contributed by atoms with E-state index in [0.29, 0.717) is 11.4 Å². The monoisotopic (exact) mass is 400 g/mol. The molecule has 1 aliphatic rings. The van der Waals surface area contributed by atoms with Gasteiger partial charge in [0.2, 0.25) is 0 Å². The molecule has 10 heteroatoms. The number of carbonyl (C=O) groups excluding carboxylic acids is 1. The van der Waals surface area contributed by atoms with Gasteiger partial charge in [-0.1, -0.05) is 0 Å². The number of amides is 1. The van der Waals surface area contributed by atoms with Crippen molar-refractivity contribution in [2.75, 3.05) is 26.0 Å². The van der Waals surface area contributed by atoms with Crippen LogP contribution in [0.3, 0.4) is 0 Å². The molecule has 0 atom stereocenters. The first-order chi connectivity index (χ1) is 12.5. The zero-order valence-corrected chi connectivity index (χ0v) is 16.8. The van der Waals surface area contributed by atoms with Gasteiger partial charge >= 0.3 is 5.82 Å². The van der Waals surface area contributed by atoms with E-state index >= 15 is 0 Å². The summed E-state index contributed by atoms with van der Waals surface area (Å²) < 4.78 is 32.7. The predicted octanol–water partition coefficient (Wildman–Crippen LogP) is 0.631. The largest absolute Gasteiger partial charge is 0.394 e. The van der Waals surface area contributed by atoms with Crippen LogP contribution in [0.1, 0.15) is 43.1 Å². The topological polar surface area (TPSA) is 120 Å². The number of pyridine rings is 1. The van der Waals surface area contributed by atoms with Gasteiger partial charge in [-0.25, -0.2) is 9.63 Å². The summed E-state index contributed by atoms with van der Waals surface area (Å²) in [5.74, 6) is -0.100. The number of aliphatic hydroxyl groups excluding tert-OH is 1. The molecule has 0 fully saturated rings. The molecule has 150 valence electrons. The van der Waals surface area contributed by atoms with Gasteiger partial charge in [0.1, 0.15) is 11.9 Å². The van der Waals surface area contributed by atoms with Gasteiger partial charge in [-0.05, 0) is 31.8 Å². The van der Waals surface area contributed by atoms with Crippen LogP contribution in [-0.4, -0.2) is 60.8 Å². The molecule has 0 radical (unpaired) electrons. The van der Waals surface area contributed by atoms with Crippen LogP contribution in [0.2, 0.25) is 0 Å². The fourth-order valence-corrected chi connectivity index (χ4v) is 3.34. The van der Waals surface area contributed by atoms with Crippen LogP contribution in [0.4, 0.5) is 5.82 Å².